The summed E-state index contributed by atoms with van der Waals surface area (Å²) in [4.78, 5) is 17.7. The Balaban J connectivity index is 1.71. The van der Waals surface area contributed by atoms with Crippen LogP contribution in [0.5, 0.6) is 0 Å². The predicted molar refractivity (Wildman–Crippen MR) is 98.4 cm³/mol. The van der Waals surface area contributed by atoms with Crippen LogP contribution in [0.1, 0.15) is 21.5 Å². The molecule has 25 heavy (non-hydrogen) atoms. The molecule has 4 rings (SSSR count). The molecule has 122 valence electrons. The van der Waals surface area contributed by atoms with Gasteiger partial charge in [0.15, 0.2) is 11.9 Å². The summed E-state index contributed by atoms with van der Waals surface area (Å²) in [5, 5.41) is 0. The monoisotopic (exact) mass is 327 g/mol. The molecule has 0 aromatic heterocycles. The minimum absolute atomic E-state index is 0.0413. The standard InChI is InChI=1S/C22H17NO2/c24-21-18-13-7-8-14-19(18)23-20(17-11-5-2-6-12-17)22(21)25-15-16-9-3-1-4-10-16/h1-14,22H,15H2. The summed E-state index contributed by atoms with van der Waals surface area (Å²) in [6.45, 7) is 0.366. The van der Waals surface area contributed by atoms with Gasteiger partial charge in [-0.25, -0.2) is 4.99 Å². The molecule has 3 heteroatoms. The van der Waals surface area contributed by atoms with Gasteiger partial charge >= 0.3 is 0 Å². The lowest BCUT2D eigenvalue weighted by atomic mass is 9.93. The maximum absolute atomic E-state index is 13.0. The first-order valence-corrected chi connectivity index (χ1v) is 8.26. The van der Waals surface area contributed by atoms with Crippen molar-refractivity contribution in [1.82, 2.24) is 0 Å². The Bertz CT molecular complexity index is 917. The van der Waals surface area contributed by atoms with Gasteiger partial charge in [-0.2, -0.15) is 0 Å². The van der Waals surface area contributed by atoms with E-state index in [0.29, 0.717) is 23.6 Å². The lowest BCUT2D eigenvalue weighted by Gasteiger charge is -2.24. The van der Waals surface area contributed by atoms with Gasteiger partial charge in [-0.3, -0.25) is 4.79 Å². The molecule has 0 aliphatic carbocycles. The summed E-state index contributed by atoms with van der Waals surface area (Å²) >= 11 is 0. The molecule has 1 aliphatic heterocycles. The Labute approximate surface area is 146 Å². The molecule has 0 fully saturated rings. The molecule has 1 unspecified atom stereocenters. The van der Waals surface area contributed by atoms with E-state index < -0.39 is 6.10 Å². The topological polar surface area (TPSA) is 38.7 Å². The normalized spacial score (nSPS) is 16.2. The average Bonchev–Trinajstić information content (AvgIpc) is 2.69. The van der Waals surface area contributed by atoms with Crippen molar-refractivity contribution in [3.8, 4) is 0 Å². The van der Waals surface area contributed by atoms with Crippen molar-refractivity contribution in [1.29, 1.82) is 0 Å². The highest BCUT2D eigenvalue weighted by molar-refractivity contribution is 6.25. The average molecular weight is 327 g/mol. The number of fused-ring (bicyclic) bond motifs is 1. The highest BCUT2D eigenvalue weighted by atomic mass is 16.5. The second kappa shape index (κ2) is 6.83. The van der Waals surface area contributed by atoms with Crippen LogP contribution in [0.15, 0.2) is 89.9 Å². The van der Waals surface area contributed by atoms with Crippen LogP contribution in [0.4, 0.5) is 5.69 Å². The number of hydrogen-bond acceptors (Lipinski definition) is 3. The smallest absolute Gasteiger partial charge is 0.199 e. The lowest BCUT2D eigenvalue weighted by molar-refractivity contribution is 0.0568. The zero-order valence-corrected chi connectivity index (χ0v) is 13.6. The molecule has 1 atom stereocenters. The van der Waals surface area contributed by atoms with Crippen molar-refractivity contribution in [3.63, 3.8) is 0 Å². The third kappa shape index (κ3) is 3.14. The second-order valence-electron chi connectivity index (χ2n) is 5.92. The number of carbonyl (C=O) groups is 1. The fourth-order valence-corrected chi connectivity index (χ4v) is 2.97. The summed E-state index contributed by atoms with van der Waals surface area (Å²) in [7, 11) is 0. The van der Waals surface area contributed by atoms with Gasteiger partial charge in [-0.1, -0.05) is 72.8 Å². The van der Waals surface area contributed by atoms with E-state index in [1.807, 2.05) is 84.9 Å². The van der Waals surface area contributed by atoms with Gasteiger partial charge in [0.2, 0.25) is 0 Å². The van der Waals surface area contributed by atoms with E-state index in [9.17, 15) is 4.79 Å². The van der Waals surface area contributed by atoms with E-state index in [-0.39, 0.29) is 5.78 Å². The summed E-state index contributed by atoms with van der Waals surface area (Å²) in [6.07, 6.45) is -0.697. The van der Waals surface area contributed by atoms with Crippen LogP contribution < -0.4 is 0 Å². The number of nitrogens with zero attached hydrogens (tertiary/aromatic N) is 1. The number of para-hydroxylation sites is 1. The molecule has 0 spiro atoms. The third-order valence-corrected chi connectivity index (χ3v) is 4.23. The molecule has 0 radical (unpaired) electrons. The fraction of sp³-hybridized carbons (Fsp3) is 0.0909. The Kier molecular flexibility index (Phi) is 4.23. The molecule has 0 bridgehead atoms. The Hall–Kier alpha value is -3.04. The van der Waals surface area contributed by atoms with Crippen LogP contribution >= 0.6 is 0 Å². The van der Waals surface area contributed by atoms with Crippen molar-refractivity contribution in [3.05, 3.63) is 102 Å². The molecule has 1 aliphatic rings. The third-order valence-electron chi connectivity index (χ3n) is 4.23. The van der Waals surface area contributed by atoms with Crippen molar-refractivity contribution >= 4 is 17.2 Å². The molecule has 0 N–H and O–H groups in total. The fourth-order valence-electron chi connectivity index (χ4n) is 2.97. The summed E-state index contributed by atoms with van der Waals surface area (Å²) in [5.74, 6) is -0.0413. The maximum atomic E-state index is 13.0. The zero-order valence-electron chi connectivity index (χ0n) is 13.6. The molecule has 1 heterocycles. The van der Waals surface area contributed by atoms with E-state index in [4.69, 9.17) is 9.73 Å². The number of ether oxygens (including phenoxy) is 1. The second-order valence-corrected chi connectivity index (χ2v) is 5.92. The van der Waals surface area contributed by atoms with Crippen LogP contribution in [-0.2, 0) is 11.3 Å². The summed E-state index contributed by atoms with van der Waals surface area (Å²) < 4.78 is 6.02. The number of ketones is 1. The molecule has 3 nitrogen and oxygen atoms in total. The van der Waals surface area contributed by atoms with E-state index >= 15 is 0 Å². The number of aliphatic imine (C=N–C) groups is 1. The number of rotatable bonds is 4. The Morgan fingerprint density at radius 1 is 0.800 bits per heavy atom. The van der Waals surface area contributed by atoms with Crippen molar-refractivity contribution in [2.45, 2.75) is 12.7 Å². The number of hydrogen-bond donors (Lipinski definition) is 0. The lowest BCUT2D eigenvalue weighted by Crippen LogP contribution is -2.36. The minimum atomic E-state index is -0.697. The first-order valence-electron chi connectivity index (χ1n) is 8.26. The van der Waals surface area contributed by atoms with E-state index in [0.717, 1.165) is 11.1 Å². The molecule has 3 aromatic rings. The van der Waals surface area contributed by atoms with Crippen molar-refractivity contribution in [2.75, 3.05) is 0 Å². The van der Waals surface area contributed by atoms with Crippen LogP contribution in [0.2, 0.25) is 0 Å². The van der Waals surface area contributed by atoms with Gasteiger partial charge < -0.3 is 4.74 Å². The Morgan fingerprint density at radius 3 is 2.20 bits per heavy atom. The number of carbonyl (C=O) groups excluding carboxylic acids is 1. The van der Waals surface area contributed by atoms with Crippen LogP contribution in [0.25, 0.3) is 0 Å². The summed E-state index contributed by atoms with van der Waals surface area (Å²) in [5.41, 5.74) is 3.91. The maximum Gasteiger partial charge on any atom is 0.199 e. The SMILES string of the molecule is O=C1c2ccccc2N=C(c2ccccc2)C1OCc1ccccc1. The van der Waals surface area contributed by atoms with E-state index in [2.05, 4.69) is 0 Å². The van der Waals surface area contributed by atoms with Crippen molar-refractivity contribution < 1.29 is 9.53 Å². The quantitative estimate of drug-likeness (QED) is 0.703. The molecule has 3 aromatic carbocycles. The van der Waals surface area contributed by atoms with Crippen molar-refractivity contribution in [2.24, 2.45) is 4.99 Å². The van der Waals surface area contributed by atoms with Gasteiger partial charge in [-0.15, -0.1) is 0 Å². The number of Topliss-reactive ketones (excluding diaryl/α,β-unsaturated/α-hetero) is 1. The van der Waals surface area contributed by atoms with Crippen LogP contribution in [-0.4, -0.2) is 17.6 Å². The Morgan fingerprint density at radius 2 is 1.44 bits per heavy atom. The molecular formula is C22H17NO2. The molecule has 0 saturated heterocycles. The van der Waals surface area contributed by atoms with Gasteiger partial charge in [0, 0.05) is 5.56 Å². The van der Waals surface area contributed by atoms with Crippen LogP contribution in [0, 0.1) is 0 Å². The van der Waals surface area contributed by atoms with Gasteiger partial charge in [-0.05, 0) is 23.3 Å². The highest BCUT2D eigenvalue weighted by Crippen LogP contribution is 2.29. The van der Waals surface area contributed by atoms with Gasteiger partial charge in [0.05, 0.1) is 18.0 Å². The molecular weight excluding hydrogens is 310 g/mol. The minimum Gasteiger partial charge on any atom is -0.359 e. The van der Waals surface area contributed by atoms with Gasteiger partial charge in [0.1, 0.15) is 0 Å². The largest absolute Gasteiger partial charge is 0.359 e. The highest BCUT2D eigenvalue weighted by Gasteiger charge is 2.32. The van der Waals surface area contributed by atoms with E-state index in [1.165, 1.54) is 0 Å². The molecule has 0 saturated carbocycles. The zero-order chi connectivity index (χ0) is 17.1. The first kappa shape index (κ1) is 15.5. The predicted octanol–water partition coefficient (Wildman–Crippen LogP) is 4.59. The van der Waals surface area contributed by atoms with Gasteiger partial charge in [0.25, 0.3) is 0 Å². The number of benzene rings is 3. The molecule has 0 amide bonds. The van der Waals surface area contributed by atoms with E-state index in [1.54, 1.807) is 0 Å². The summed E-state index contributed by atoms with van der Waals surface area (Å²) in [6, 6.07) is 27.0. The first-order chi connectivity index (χ1) is 12.3. The van der Waals surface area contributed by atoms with Crippen LogP contribution in [0.3, 0.4) is 0 Å².